The number of aryl methyl sites for hydroxylation is 1. The zero-order valence-electron chi connectivity index (χ0n) is 8.53. The Kier molecular flexibility index (Phi) is 2.55. The van der Waals surface area contributed by atoms with Gasteiger partial charge in [0.25, 0.3) is 0 Å². The molecule has 0 bridgehead atoms. The molecular weight excluding hydrogens is 186 g/mol. The molecule has 1 aromatic heterocycles. The molecule has 0 amide bonds. The summed E-state index contributed by atoms with van der Waals surface area (Å²) in [4.78, 5) is 0. The van der Waals surface area contributed by atoms with Gasteiger partial charge in [-0.1, -0.05) is 19.1 Å². The number of nitriles is 1. The fraction of sp³-hybridized carbons (Fsp3) is 0.154. The van der Waals surface area contributed by atoms with Crippen LogP contribution in [0, 0.1) is 11.3 Å². The van der Waals surface area contributed by atoms with Crippen molar-refractivity contribution in [2.24, 2.45) is 0 Å². The van der Waals surface area contributed by atoms with Crippen LogP contribution in [-0.2, 0) is 6.42 Å². The zero-order chi connectivity index (χ0) is 10.7. The first-order chi connectivity index (χ1) is 7.35. The van der Waals surface area contributed by atoms with E-state index in [0.717, 1.165) is 23.5 Å². The summed E-state index contributed by atoms with van der Waals surface area (Å²) >= 11 is 0. The molecule has 0 radical (unpaired) electrons. The highest BCUT2D eigenvalue weighted by Gasteiger charge is 2.07. The number of nitrogens with zero attached hydrogens (tertiary/aromatic N) is 1. The lowest BCUT2D eigenvalue weighted by atomic mass is 10.1. The van der Waals surface area contributed by atoms with Gasteiger partial charge in [-0.3, -0.25) is 0 Å². The van der Waals surface area contributed by atoms with Crippen molar-refractivity contribution in [2.45, 2.75) is 13.3 Å². The predicted octanol–water partition coefficient (Wildman–Crippen LogP) is 3.38. The Balaban J connectivity index is 2.49. The normalized spacial score (nSPS) is 9.87. The Morgan fingerprint density at radius 3 is 2.67 bits per heavy atom. The Hall–Kier alpha value is -2.01. The highest BCUT2D eigenvalue weighted by atomic mass is 16.3. The summed E-state index contributed by atoms with van der Waals surface area (Å²) in [5.74, 6) is 1.71. The van der Waals surface area contributed by atoms with E-state index in [1.807, 2.05) is 37.3 Å². The summed E-state index contributed by atoms with van der Waals surface area (Å²) in [5, 5.41) is 8.95. The molecule has 74 valence electrons. The number of furan rings is 1. The highest BCUT2D eigenvalue weighted by molar-refractivity contribution is 5.66. The molecule has 2 heteroatoms. The largest absolute Gasteiger partial charge is 0.461 e. The maximum atomic E-state index is 8.95. The molecule has 2 aromatic rings. The van der Waals surface area contributed by atoms with E-state index in [1.165, 1.54) is 0 Å². The minimum Gasteiger partial charge on any atom is -0.461 e. The van der Waals surface area contributed by atoms with Crippen molar-refractivity contribution in [1.82, 2.24) is 0 Å². The van der Waals surface area contributed by atoms with Crippen LogP contribution in [0.2, 0.25) is 0 Å². The van der Waals surface area contributed by atoms with Gasteiger partial charge in [-0.15, -0.1) is 0 Å². The predicted molar refractivity (Wildman–Crippen MR) is 58.2 cm³/mol. The van der Waals surface area contributed by atoms with Gasteiger partial charge in [-0.05, 0) is 24.3 Å². The molecule has 0 N–H and O–H groups in total. The summed E-state index contributed by atoms with van der Waals surface area (Å²) in [6.07, 6.45) is 0.870. The fourth-order valence-electron chi connectivity index (χ4n) is 1.51. The van der Waals surface area contributed by atoms with Crippen molar-refractivity contribution in [3.8, 4) is 17.4 Å². The molecule has 1 aromatic carbocycles. The van der Waals surface area contributed by atoms with E-state index in [9.17, 15) is 0 Å². The second-order valence-electron chi connectivity index (χ2n) is 3.28. The van der Waals surface area contributed by atoms with Gasteiger partial charge in [0.2, 0.25) is 0 Å². The van der Waals surface area contributed by atoms with Crippen molar-refractivity contribution in [3.63, 3.8) is 0 Å². The van der Waals surface area contributed by atoms with E-state index in [1.54, 1.807) is 6.07 Å². The van der Waals surface area contributed by atoms with Crippen LogP contribution in [0.5, 0.6) is 0 Å². The molecule has 0 aliphatic heterocycles. The molecule has 0 atom stereocenters. The summed E-state index contributed by atoms with van der Waals surface area (Å²) < 4.78 is 5.61. The molecular formula is C13H11NO. The third-order valence-electron chi connectivity index (χ3n) is 2.32. The van der Waals surface area contributed by atoms with Gasteiger partial charge in [-0.25, -0.2) is 0 Å². The Morgan fingerprint density at radius 2 is 2.00 bits per heavy atom. The second-order valence-corrected chi connectivity index (χ2v) is 3.28. The molecule has 0 unspecified atom stereocenters. The number of hydrogen-bond donors (Lipinski definition) is 0. The number of rotatable bonds is 2. The van der Waals surface area contributed by atoms with Crippen LogP contribution in [-0.4, -0.2) is 0 Å². The van der Waals surface area contributed by atoms with Crippen LogP contribution in [0.3, 0.4) is 0 Å². The maximum absolute atomic E-state index is 8.95. The molecule has 2 nitrogen and oxygen atoms in total. The number of benzene rings is 1. The first kappa shape index (κ1) is 9.54. The van der Waals surface area contributed by atoms with E-state index in [-0.39, 0.29) is 0 Å². The van der Waals surface area contributed by atoms with Crippen LogP contribution in [0.1, 0.15) is 18.2 Å². The molecule has 0 fully saturated rings. The smallest absolute Gasteiger partial charge is 0.135 e. The van der Waals surface area contributed by atoms with Gasteiger partial charge in [0, 0.05) is 12.0 Å². The minimum absolute atomic E-state index is 0.648. The van der Waals surface area contributed by atoms with Gasteiger partial charge in [0.05, 0.1) is 11.6 Å². The van der Waals surface area contributed by atoms with E-state index in [4.69, 9.17) is 9.68 Å². The maximum Gasteiger partial charge on any atom is 0.135 e. The molecule has 0 aliphatic rings. The summed E-state index contributed by atoms with van der Waals surface area (Å²) in [6.45, 7) is 2.04. The van der Waals surface area contributed by atoms with Gasteiger partial charge >= 0.3 is 0 Å². The highest BCUT2D eigenvalue weighted by Crippen LogP contribution is 2.25. The van der Waals surface area contributed by atoms with Crippen LogP contribution in [0.4, 0.5) is 0 Å². The average Bonchev–Trinajstić information content (AvgIpc) is 2.77. The van der Waals surface area contributed by atoms with E-state index in [2.05, 4.69) is 6.07 Å². The molecule has 0 saturated carbocycles. The van der Waals surface area contributed by atoms with E-state index in [0.29, 0.717) is 5.56 Å². The van der Waals surface area contributed by atoms with Crippen molar-refractivity contribution >= 4 is 0 Å². The van der Waals surface area contributed by atoms with E-state index < -0.39 is 0 Å². The molecule has 0 spiro atoms. The van der Waals surface area contributed by atoms with Crippen molar-refractivity contribution in [1.29, 1.82) is 5.26 Å². The molecule has 15 heavy (non-hydrogen) atoms. The lowest BCUT2D eigenvalue weighted by Crippen LogP contribution is -1.80. The quantitative estimate of drug-likeness (QED) is 0.740. The van der Waals surface area contributed by atoms with E-state index >= 15 is 0 Å². The molecule has 0 aliphatic carbocycles. The standard InChI is InChI=1S/C13H11NO/c1-2-11-7-8-13(15-11)12-6-4-3-5-10(12)9-14/h3-8H,2H2,1H3. The van der Waals surface area contributed by atoms with Crippen LogP contribution in [0.15, 0.2) is 40.8 Å². The van der Waals surface area contributed by atoms with Gasteiger partial charge < -0.3 is 4.42 Å². The van der Waals surface area contributed by atoms with Crippen LogP contribution in [0.25, 0.3) is 11.3 Å². The average molecular weight is 197 g/mol. The number of hydrogen-bond acceptors (Lipinski definition) is 2. The topological polar surface area (TPSA) is 36.9 Å². The molecule has 2 rings (SSSR count). The lowest BCUT2D eigenvalue weighted by molar-refractivity contribution is 0.529. The molecule has 0 saturated heterocycles. The monoisotopic (exact) mass is 197 g/mol. The third-order valence-corrected chi connectivity index (χ3v) is 2.32. The minimum atomic E-state index is 0.648. The van der Waals surface area contributed by atoms with Crippen molar-refractivity contribution < 1.29 is 4.42 Å². The zero-order valence-corrected chi connectivity index (χ0v) is 8.53. The van der Waals surface area contributed by atoms with Gasteiger partial charge in [0.15, 0.2) is 0 Å². The lowest BCUT2D eigenvalue weighted by Gasteiger charge is -1.98. The van der Waals surface area contributed by atoms with Gasteiger partial charge in [-0.2, -0.15) is 5.26 Å². The van der Waals surface area contributed by atoms with Crippen LogP contribution < -0.4 is 0 Å². The second kappa shape index (κ2) is 4.02. The first-order valence-electron chi connectivity index (χ1n) is 4.93. The van der Waals surface area contributed by atoms with Gasteiger partial charge in [0.1, 0.15) is 11.5 Å². The Bertz CT molecular complexity index is 505. The Labute approximate surface area is 88.8 Å². The van der Waals surface area contributed by atoms with Crippen molar-refractivity contribution in [2.75, 3.05) is 0 Å². The summed E-state index contributed by atoms with van der Waals surface area (Å²) in [7, 11) is 0. The summed E-state index contributed by atoms with van der Waals surface area (Å²) in [5.41, 5.74) is 1.51. The van der Waals surface area contributed by atoms with Crippen LogP contribution >= 0.6 is 0 Å². The summed E-state index contributed by atoms with van der Waals surface area (Å²) in [6, 6.07) is 13.5. The first-order valence-corrected chi connectivity index (χ1v) is 4.93. The fourth-order valence-corrected chi connectivity index (χ4v) is 1.51. The third kappa shape index (κ3) is 1.77. The van der Waals surface area contributed by atoms with Crippen molar-refractivity contribution in [3.05, 3.63) is 47.7 Å². The molecule has 1 heterocycles. The SMILES string of the molecule is CCc1ccc(-c2ccccc2C#N)o1. The Morgan fingerprint density at radius 1 is 1.20 bits per heavy atom.